The van der Waals surface area contributed by atoms with Crippen molar-refractivity contribution in [2.24, 2.45) is 0 Å². The van der Waals surface area contributed by atoms with Crippen molar-refractivity contribution in [1.82, 2.24) is 0 Å². The average molecular weight is 285 g/mol. The van der Waals surface area contributed by atoms with Crippen molar-refractivity contribution in [2.45, 2.75) is 33.1 Å². The van der Waals surface area contributed by atoms with Gasteiger partial charge in [-0.3, -0.25) is 9.59 Å². The molecule has 0 atom stereocenters. The lowest BCUT2D eigenvalue weighted by atomic mass is 10.0. The van der Waals surface area contributed by atoms with E-state index in [0.29, 0.717) is 22.9 Å². The summed E-state index contributed by atoms with van der Waals surface area (Å²) in [6.07, 6.45) is 0.569. The molecule has 0 saturated carbocycles. The van der Waals surface area contributed by atoms with E-state index < -0.39 is 5.97 Å². The fourth-order valence-electron chi connectivity index (χ4n) is 1.56. The van der Waals surface area contributed by atoms with Crippen LogP contribution in [0.4, 0.5) is 0 Å². The summed E-state index contributed by atoms with van der Waals surface area (Å²) in [4.78, 5) is 22.5. The molecule has 1 aromatic carbocycles. The van der Waals surface area contributed by atoms with Gasteiger partial charge in [-0.15, -0.1) is 0 Å². The summed E-state index contributed by atoms with van der Waals surface area (Å²) in [6, 6.07) is 3.26. The fourth-order valence-corrected chi connectivity index (χ4v) is 1.72. The van der Waals surface area contributed by atoms with Crippen molar-refractivity contribution in [1.29, 1.82) is 0 Å². The third-order valence-electron chi connectivity index (χ3n) is 2.59. The van der Waals surface area contributed by atoms with Crippen LogP contribution in [-0.4, -0.2) is 23.5 Å². The van der Waals surface area contributed by atoms with E-state index in [2.05, 4.69) is 0 Å². The molecule has 0 spiro atoms. The highest BCUT2D eigenvalue weighted by Crippen LogP contribution is 2.28. The number of Topliss-reactive ketones (excluding diaryl/α,β-unsaturated/α-hetero) is 1. The number of carboxylic acid groups (broad SMARTS) is 1. The average Bonchev–Trinajstić information content (AvgIpc) is 2.36. The van der Waals surface area contributed by atoms with Gasteiger partial charge in [0.1, 0.15) is 5.75 Å². The van der Waals surface area contributed by atoms with Crippen LogP contribution in [0.1, 0.15) is 42.1 Å². The number of carboxylic acids is 1. The third-order valence-corrected chi connectivity index (χ3v) is 3.00. The highest BCUT2D eigenvalue weighted by atomic mass is 35.5. The maximum Gasteiger partial charge on any atom is 0.303 e. The molecule has 0 amide bonds. The molecule has 0 radical (unpaired) electrons. The molecule has 0 saturated heterocycles. The SMILES string of the molecule is CCCOc1cc(C)c(Cl)cc1C(=O)CCC(=O)O. The van der Waals surface area contributed by atoms with Crippen LogP contribution in [0, 0.1) is 6.92 Å². The van der Waals surface area contributed by atoms with Crippen LogP contribution in [0.25, 0.3) is 0 Å². The van der Waals surface area contributed by atoms with Crippen molar-refractivity contribution in [3.8, 4) is 5.75 Å². The number of benzene rings is 1. The first-order chi connectivity index (χ1) is 8.95. The molecule has 0 unspecified atom stereocenters. The van der Waals surface area contributed by atoms with Crippen LogP contribution in [0.3, 0.4) is 0 Å². The molecule has 19 heavy (non-hydrogen) atoms. The largest absolute Gasteiger partial charge is 0.493 e. The Morgan fingerprint density at radius 1 is 1.32 bits per heavy atom. The summed E-state index contributed by atoms with van der Waals surface area (Å²) in [7, 11) is 0. The monoisotopic (exact) mass is 284 g/mol. The number of hydrogen-bond acceptors (Lipinski definition) is 3. The molecule has 0 aromatic heterocycles. The molecule has 0 aliphatic rings. The Bertz CT molecular complexity index is 483. The van der Waals surface area contributed by atoms with Gasteiger partial charge in [0.15, 0.2) is 5.78 Å². The molecule has 5 heteroatoms. The highest BCUT2D eigenvalue weighted by Gasteiger charge is 2.16. The highest BCUT2D eigenvalue weighted by molar-refractivity contribution is 6.31. The Morgan fingerprint density at radius 2 is 2.00 bits per heavy atom. The van der Waals surface area contributed by atoms with Crippen molar-refractivity contribution in [2.75, 3.05) is 6.61 Å². The number of hydrogen-bond donors (Lipinski definition) is 1. The first-order valence-corrected chi connectivity index (χ1v) is 6.51. The lowest BCUT2D eigenvalue weighted by Gasteiger charge is -2.12. The zero-order valence-electron chi connectivity index (χ0n) is 11.0. The zero-order chi connectivity index (χ0) is 14.4. The fraction of sp³-hybridized carbons (Fsp3) is 0.429. The van der Waals surface area contributed by atoms with Crippen molar-refractivity contribution >= 4 is 23.4 Å². The molecule has 1 aromatic rings. The first kappa shape index (κ1) is 15.5. The zero-order valence-corrected chi connectivity index (χ0v) is 11.8. The number of halogens is 1. The van der Waals surface area contributed by atoms with Crippen LogP contribution in [0.5, 0.6) is 5.75 Å². The number of aryl methyl sites for hydroxylation is 1. The van der Waals surface area contributed by atoms with E-state index in [0.717, 1.165) is 12.0 Å². The Balaban J connectivity index is 2.98. The van der Waals surface area contributed by atoms with Crippen LogP contribution in [-0.2, 0) is 4.79 Å². The second-order valence-electron chi connectivity index (χ2n) is 4.26. The minimum absolute atomic E-state index is 0.0583. The van der Waals surface area contributed by atoms with Gasteiger partial charge in [-0.2, -0.15) is 0 Å². The summed E-state index contributed by atoms with van der Waals surface area (Å²) in [5, 5.41) is 9.08. The van der Waals surface area contributed by atoms with Gasteiger partial charge in [-0.05, 0) is 31.0 Å². The summed E-state index contributed by atoms with van der Waals surface area (Å²) < 4.78 is 5.52. The number of carbonyl (C=O) groups is 2. The minimum atomic E-state index is -0.998. The number of aliphatic carboxylic acids is 1. The van der Waals surface area contributed by atoms with Crippen molar-refractivity contribution < 1.29 is 19.4 Å². The number of rotatable bonds is 7. The van der Waals surface area contributed by atoms with Gasteiger partial charge in [0, 0.05) is 11.4 Å². The lowest BCUT2D eigenvalue weighted by Crippen LogP contribution is -2.07. The summed E-state index contributed by atoms with van der Waals surface area (Å²) in [5.74, 6) is -0.794. The molecule has 4 nitrogen and oxygen atoms in total. The van der Waals surface area contributed by atoms with Gasteiger partial charge in [0.25, 0.3) is 0 Å². The maximum atomic E-state index is 12.0. The predicted molar refractivity (Wildman–Crippen MR) is 73.2 cm³/mol. The van der Waals surface area contributed by atoms with Crippen molar-refractivity contribution in [3.63, 3.8) is 0 Å². The molecule has 104 valence electrons. The molecule has 0 aliphatic heterocycles. The summed E-state index contributed by atoms with van der Waals surface area (Å²) in [6.45, 7) is 4.29. The number of ether oxygens (including phenoxy) is 1. The molecule has 0 fully saturated rings. The maximum absolute atomic E-state index is 12.0. The van der Waals surface area contributed by atoms with Gasteiger partial charge in [0.2, 0.25) is 0 Å². The predicted octanol–water partition coefficient (Wildman–Crippen LogP) is 3.48. The normalized spacial score (nSPS) is 10.3. The quantitative estimate of drug-likeness (QED) is 0.779. The Hall–Kier alpha value is -1.55. The number of carbonyl (C=O) groups excluding carboxylic acids is 1. The van der Waals surface area contributed by atoms with Gasteiger partial charge in [0.05, 0.1) is 18.6 Å². The molecular weight excluding hydrogens is 268 g/mol. The first-order valence-electron chi connectivity index (χ1n) is 6.13. The second-order valence-corrected chi connectivity index (χ2v) is 4.67. The van der Waals surface area contributed by atoms with E-state index in [9.17, 15) is 9.59 Å². The Labute approximate surface area is 117 Å². The molecule has 1 rings (SSSR count). The number of ketones is 1. The molecular formula is C14H17ClO4. The second kappa shape index (κ2) is 7.14. The van der Waals surface area contributed by atoms with Crippen LogP contribution in [0.15, 0.2) is 12.1 Å². The van der Waals surface area contributed by atoms with E-state index in [1.165, 1.54) is 0 Å². The van der Waals surface area contributed by atoms with Crippen LogP contribution < -0.4 is 4.74 Å². The van der Waals surface area contributed by atoms with Crippen LogP contribution in [0.2, 0.25) is 5.02 Å². The van der Waals surface area contributed by atoms with Crippen molar-refractivity contribution in [3.05, 3.63) is 28.3 Å². The standard InChI is InChI=1S/C14H17ClO4/c1-3-6-19-13-7-9(2)11(15)8-10(13)12(16)4-5-14(17)18/h7-8H,3-6H2,1-2H3,(H,17,18). The molecule has 1 N–H and O–H groups in total. The van der Waals surface area contributed by atoms with Gasteiger partial charge in [-0.1, -0.05) is 18.5 Å². The molecule has 0 heterocycles. The summed E-state index contributed by atoms with van der Waals surface area (Å²) >= 11 is 6.00. The molecule has 0 bridgehead atoms. The van der Waals surface area contributed by atoms with Gasteiger partial charge >= 0.3 is 5.97 Å². The minimum Gasteiger partial charge on any atom is -0.493 e. The van der Waals surface area contributed by atoms with Crippen LogP contribution >= 0.6 is 11.6 Å². The van der Waals surface area contributed by atoms with E-state index in [-0.39, 0.29) is 18.6 Å². The molecule has 0 aliphatic carbocycles. The topological polar surface area (TPSA) is 63.6 Å². The Morgan fingerprint density at radius 3 is 2.58 bits per heavy atom. The Kier molecular flexibility index (Phi) is 5.83. The third kappa shape index (κ3) is 4.56. The van der Waals surface area contributed by atoms with E-state index >= 15 is 0 Å². The van der Waals surface area contributed by atoms with Gasteiger partial charge < -0.3 is 9.84 Å². The smallest absolute Gasteiger partial charge is 0.303 e. The van der Waals surface area contributed by atoms with E-state index in [4.69, 9.17) is 21.4 Å². The van der Waals surface area contributed by atoms with Gasteiger partial charge in [-0.25, -0.2) is 0 Å². The van der Waals surface area contributed by atoms with E-state index in [1.807, 2.05) is 13.8 Å². The van der Waals surface area contributed by atoms with E-state index in [1.54, 1.807) is 12.1 Å². The lowest BCUT2D eigenvalue weighted by molar-refractivity contribution is -0.136. The summed E-state index contributed by atoms with van der Waals surface area (Å²) in [5.41, 5.74) is 1.17.